The van der Waals surface area contributed by atoms with Gasteiger partial charge in [-0.1, -0.05) is 36.5 Å². The van der Waals surface area contributed by atoms with Gasteiger partial charge in [0.15, 0.2) is 6.61 Å². The van der Waals surface area contributed by atoms with E-state index < -0.39 is 12.8 Å². The fourth-order valence-corrected chi connectivity index (χ4v) is 1.95. The maximum absolute atomic E-state index is 12.2. The first kappa shape index (κ1) is 13.6. The second-order valence-electron chi connectivity index (χ2n) is 3.92. The lowest BCUT2D eigenvalue weighted by atomic mass is 10.0. The van der Waals surface area contributed by atoms with Gasteiger partial charge in [0.25, 0.3) is 0 Å². The van der Waals surface area contributed by atoms with Gasteiger partial charge in [-0.2, -0.15) is 13.2 Å². The zero-order valence-electron chi connectivity index (χ0n) is 9.70. The highest BCUT2D eigenvalue weighted by molar-refractivity contribution is 7.80. The Morgan fingerprint density at radius 1 is 1.11 bits per heavy atom. The minimum Gasteiger partial charge on any atom is -0.483 e. The average Bonchev–Trinajstić information content (AvgIpc) is 2.34. The van der Waals surface area contributed by atoms with Crippen molar-refractivity contribution in [1.82, 2.24) is 0 Å². The molecule has 0 aliphatic heterocycles. The van der Waals surface area contributed by atoms with Gasteiger partial charge in [-0.3, -0.25) is 0 Å². The molecule has 0 radical (unpaired) electrons. The first-order chi connectivity index (χ1) is 8.88. The molecule has 100 valence electrons. The second-order valence-corrected chi connectivity index (χ2v) is 4.36. The minimum atomic E-state index is -4.37. The van der Waals surface area contributed by atoms with Crippen LogP contribution in [0.15, 0.2) is 36.4 Å². The third-order valence-corrected chi connectivity index (χ3v) is 2.76. The molecule has 6 heteroatoms. The Bertz CT molecular complexity index is 625. The number of rotatable bonds is 3. The van der Waals surface area contributed by atoms with Crippen molar-refractivity contribution >= 4 is 28.0 Å². The van der Waals surface area contributed by atoms with Crippen LogP contribution in [0.25, 0.3) is 10.8 Å². The predicted molar refractivity (Wildman–Crippen MR) is 71.4 cm³/mol. The van der Waals surface area contributed by atoms with E-state index in [-0.39, 0.29) is 10.7 Å². The van der Waals surface area contributed by atoms with Gasteiger partial charge < -0.3 is 10.5 Å². The molecule has 0 aliphatic carbocycles. The maximum Gasteiger partial charge on any atom is 0.422 e. The zero-order chi connectivity index (χ0) is 14.0. The molecular formula is C13H10F3NOS. The molecular weight excluding hydrogens is 275 g/mol. The van der Waals surface area contributed by atoms with Crippen LogP contribution in [0.5, 0.6) is 5.75 Å². The van der Waals surface area contributed by atoms with Crippen molar-refractivity contribution in [2.75, 3.05) is 6.61 Å². The van der Waals surface area contributed by atoms with Crippen molar-refractivity contribution in [1.29, 1.82) is 0 Å². The van der Waals surface area contributed by atoms with Crippen LogP contribution in [0.4, 0.5) is 13.2 Å². The summed E-state index contributed by atoms with van der Waals surface area (Å²) < 4.78 is 41.4. The summed E-state index contributed by atoms with van der Waals surface area (Å²) in [5, 5.41) is 1.23. The molecule has 2 aromatic carbocycles. The standard InChI is InChI=1S/C13H10F3NOS/c14-13(15,16)7-18-11-6-5-10(12(17)19)8-3-1-2-4-9(8)11/h1-6H,7H2,(H2,17,19). The van der Waals surface area contributed by atoms with E-state index >= 15 is 0 Å². The van der Waals surface area contributed by atoms with Crippen molar-refractivity contribution < 1.29 is 17.9 Å². The summed E-state index contributed by atoms with van der Waals surface area (Å²) in [6.07, 6.45) is -4.37. The summed E-state index contributed by atoms with van der Waals surface area (Å²) in [5.41, 5.74) is 6.20. The van der Waals surface area contributed by atoms with Crippen molar-refractivity contribution in [3.8, 4) is 5.75 Å². The van der Waals surface area contributed by atoms with Crippen LogP contribution in [0.1, 0.15) is 5.56 Å². The Labute approximate surface area is 113 Å². The number of ether oxygens (including phenoxy) is 1. The number of thiocarbonyl (C=S) groups is 1. The summed E-state index contributed by atoms with van der Waals surface area (Å²) in [4.78, 5) is 0.193. The van der Waals surface area contributed by atoms with E-state index in [1.165, 1.54) is 6.07 Å². The maximum atomic E-state index is 12.2. The van der Waals surface area contributed by atoms with E-state index in [0.717, 1.165) is 0 Å². The van der Waals surface area contributed by atoms with Gasteiger partial charge in [0.2, 0.25) is 0 Å². The molecule has 0 bridgehead atoms. The number of benzene rings is 2. The molecule has 2 rings (SSSR count). The molecule has 0 saturated heterocycles. The highest BCUT2D eigenvalue weighted by atomic mass is 32.1. The monoisotopic (exact) mass is 285 g/mol. The van der Waals surface area contributed by atoms with Crippen LogP contribution < -0.4 is 10.5 Å². The highest BCUT2D eigenvalue weighted by Gasteiger charge is 2.28. The van der Waals surface area contributed by atoms with Gasteiger partial charge in [0.1, 0.15) is 10.7 Å². The number of hydrogen-bond acceptors (Lipinski definition) is 2. The van der Waals surface area contributed by atoms with Gasteiger partial charge in [0, 0.05) is 10.9 Å². The number of nitrogens with two attached hydrogens (primary N) is 1. The Hall–Kier alpha value is -1.82. The molecule has 0 spiro atoms. The van der Waals surface area contributed by atoms with E-state index in [1.807, 2.05) is 0 Å². The van der Waals surface area contributed by atoms with Gasteiger partial charge >= 0.3 is 6.18 Å². The second kappa shape index (κ2) is 5.05. The molecule has 0 heterocycles. The molecule has 0 unspecified atom stereocenters. The first-order valence-corrected chi connectivity index (χ1v) is 5.80. The average molecular weight is 285 g/mol. The quantitative estimate of drug-likeness (QED) is 0.878. The Kier molecular flexibility index (Phi) is 3.61. The number of hydrogen-bond donors (Lipinski definition) is 1. The smallest absolute Gasteiger partial charge is 0.422 e. The van der Waals surface area contributed by atoms with Crippen LogP contribution in [0.3, 0.4) is 0 Å². The fourth-order valence-electron chi connectivity index (χ4n) is 1.77. The minimum absolute atomic E-state index is 0.160. The van der Waals surface area contributed by atoms with Gasteiger partial charge in [-0.05, 0) is 17.5 Å². The first-order valence-electron chi connectivity index (χ1n) is 5.39. The summed E-state index contributed by atoms with van der Waals surface area (Å²) in [6.45, 7) is -1.33. The number of halogens is 3. The third-order valence-electron chi connectivity index (χ3n) is 2.54. The van der Waals surface area contributed by atoms with Gasteiger partial charge in [-0.15, -0.1) is 0 Å². The molecule has 2 N–H and O–H groups in total. The summed E-state index contributed by atoms with van der Waals surface area (Å²) >= 11 is 4.91. The Balaban J connectivity index is 2.47. The third kappa shape index (κ3) is 3.14. The van der Waals surface area contributed by atoms with Crippen LogP contribution in [0.2, 0.25) is 0 Å². The topological polar surface area (TPSA) is 35.2 Å². The van der Waals surface area contributed by atoms with Gasteiger partial charge in [0.05, 0.1) is 0 Å². The van der Waals surface area contributed by atoms with E-state index in [0.29, 0.717) is 16.3 Å². The molecule has 2 aromatic rings. The molecule has 0 aromatic heterocycles. The SMILES string of the molecule is NC(=S)c1ccc(OCC(F)(F)F)c2ccccc12. The Morgan fingerprint density at radius 2 is 1.74 bits per heavy atom. The molecule has 0 aliphatic rings. The van der Waals surface area contributed by atoms with Crippen LogP contribution in [0, 0.1) is 0 Å². The predicted octanol–water partition coefficient (Wildman–Crippen LogP) is 3.42. The van der Waals surface area contributed by atoms with Crippen LogP contribution >= 0.6 is 12.2 Å². The Morgan fingerprint density at radius 3 is 2.32 bits per heavy atom. The number of alkyl halides is 3. The van der Waals surface area contributed by atoms with E-state index in [2.05, 4.69) is 0 Å². The number of fused-ring (bicyclic) bond motifs is 1. The summed E-state index contributed by atoms with van der Waals surface area (Å²) in [5.74, 6) is 0.160. The summed E-state index contributed by atoms with van der Waals surface area (Å²) in [6, 6.07) is 9.90. The van der Waals surface area contributed by atoms with Crippen molar-refractivity contribution in [3.05, 3.63) is 42.0 Å². The molecule has 2 nitrogen and oxygen atoms in total. The van der Waals surface area contributed by atoms with E-state index in [9.17, 15) is 13.2 Å². The van der Waals surface area contributed by atoms with Crippen LogP contribution in [-0.4, -0.2) is 17.8 Å². The lowest BCUT2D eigenvalue weighted by molar-refractivity contribution is -0.153. The van der Waals surface area contributed by atoms with Crippen molar-refractivity contribution in [2.24, 2.45) is 5.73 Å². The summed E-state index contributed by atoms with van der Waals surface area (Å²) in [7, 11) is 0. The zero-order valence-corrected chi connectivity index (χ0v) is 10.5. The lowest BCUT2D eigenvalue weighted by Crippen LogP contribution is -2.19. The lowest BCUT2D eigenvalue weighted by Gasteiger charge is -2.13. The van der Waals surface area contributed by atoms with Crippen molar-refractivity contribution in [2.45, 2.75) is 6.18 Å². The van der Waals surface area contributed by atoms with E-state index in [4.69, 9.17) is 22.7 Å². The normalized spacial score (nSPS) is 11.5. The fraction of sp³-hybridized carbons (Fsp3) is 0.154. The van der Waals surface area contributed by atoms with Crippen molar-refractivity contribution in [3.63, 3.8) is 0 Å². The van der Waals surface area contributed by atoms with Gasteiger partial charge in [-0.25, -0.2) is 0 Å². The molecule has 0 saturated carbocycles. The van der Waals surface area contributed by atoms with Crippen LogP contribution in [-0.2, 0) is 0 Å². The molecule has 0 fully saturated rings. The largest absolute Gasteiger partial charge is 0.483 e. The molecule has 0 amide bonds. The molecule has 0 atom stereocenters. The highest BCUT2D eigenvalue weighted by Crippen LogP contribution is 2.29. The molecule has 19 heavy (non-hydrogen) atoms. The van der Waals surface area contributed by atoms with E-state index in [1.54, 1.807) is 30.3 Å².